The Kier molecular flexibility index (Phi) is 4.60. The lowest BCUT2D eigenvalue weighted by Crippen LogP contribution is -2.12. The van der Waals surface area contributed by atoms with Crippen molar-refractivity contribution >= 4 is 5.84 Å². The summed E-state index contributed by atoms with van der Waals surface area (Å²) in [5, 5.41) is 7.57. The molecule has 0 aliphatic heterocycles. The average Bonchev–Trinajstić information content (AvgIpc) is 2.47. The molecule has 0 bridgehead atoms. The Morgan fingerprint density at radius 3 is 2.25 bits per heavy atom. The third-order valence-corrected chi connectivity index (χ3v) is 2.71. The molecule has 0 radical (unpaired) electrons. The summed E-state index contributed by atoms with van der Waals surface area (Å²) in [5.74, 6) is 1.84. The fraction of sp³-hybridized carbons (Fsp3) is 0.188. The van der Waals surface area contributed by atoms with Crippen LogP contribution in [0.3, 0.4) is 0 Å². The Hall–Kier alpha value is -2.49. The molecule has 4 nitrogen and oxygen atoms in total. The number of benzene rings is 2. The maximum atomic E-state index is 7.57. The number of amidine groups is 1. The molecule has 0 spiro atoms. The molecule has 3 N–H and O–H groups in total. The number of ether oxygens (including phenoxy) is 2. The molecule has 104 valence electrons. The van der Waals surface area contributed by atoms with Gasteiger partial charge in [-0.25, -0.2) is 0 Å². The van der Waals surface area contributed by atoms with Crippen molar-refractivity contribution < 1.29 is 9.47 Å². The first-order valence-corrected chi connectivity index (χ1v) is 6.55. The maximum Gasteiger partial charge on any atom is 0.169 e. The van der Waals surface area contributed by atoms with Crippen molar-refractivity contribution in [2.45, 2.75) is 13.3 Å². The molecule has 2 rings (SSSR count). The number of hydrogen-bond donors (Lipinski definition) is 2. The second-order valence-corrected chi connectivity index (χ2v) is 4.31. The fourth-order valence-corrected chi connectivity index (χ4v) is 1.76. The summed E-state index contributed by atoms with van der Waals surface area (Å²) >= 11 is 0. The van der Waals surface area contributed by atoms with E-state index in [-0.39, 0.29) is 5.84 Å². The second-order valence-electron chi connectivity index (χ2n) is 4.31. The summed E-state index contributed by atoms with van der Waals surface area (Å²) in [7, 11) is 0. The summed E-state index contributed by atoms with van der Waals surface area (Å²) < 4.78 is 11.5. The van der Waals surface area contributed by atoms with Crippen LogP contribution < -0.4 is 15.2 Å². The van der Waals surface area contributed by atoms with E-state index in [4.69, 9.17) is 20.6 Å². The normalized spacial score (nSPS) is 10.1. The topological polar surface area (TPSA) is 68.3 Å². The summed E-state index contributed by atoms with van der Waals surface area (Å²) in [6, 6.07) is 14.7. The van der Waals surface area contributed by atoms with Crippen LogP contribution >= 0.6 is 0 Å². The number of rotatable bonds is 6. The van der Waals surface area contributed by atoms with Gasteiger partial charge in [-0.2, -0.15) is 0 Å². The predicted molar refractivity (Wildman–Crippen MR) is 79.8 cm³/mol. The molecule has 2 aromatic carbocycles. The van der Waals surface area contributed by atoms with E-state index in [1.54, 1.807) is 12.1 Å². The van der Waals surface area contributed by atoms with Crippen LogP contribution in [0.25, 0.3) is 0 Å². The highest BCUT2D eigenvalue weighted by Crippen LogP contribution is 2.32. The van der Waals surface area contributed by atoms with Gasteiger partial charge in [0.15, 0.2) is 11.5 Å². The monoisotopic (exact) mass is 270 g/mol. The summed E-state index contributed by atoms with van der Waals surface area (Å²) in [4.78, 5) is 0. The maximum absolute atomic E-state index is 7.57. The van der Waals surface area contributed by atoms with Crippen LogP contribution in [0.5, 0.6) is 17.2 Å². The molecule has 0 amide bonds. The minimum absolute atomic E-state index is 0.0208. The molecule has 0 atom stereocenters. The van der Waals surface area contributed by atoms with E-state index in [9.17, 15) is 0 Å². The third kappa shape index (κ3) is 3.29. The number of nitrogen functional groups attached to an aromatic ring is 1. The highest BCUT2D eigenvalue weighted by molar-refractivity contribution is 5.97. The van der Waals surface area contributed by atoms with Crippen LogP contribution in [-0.2, 0) is 0 Å². The zero-order valence-corrected chi connectivity index (χ0v) is 11.4. The molecule has 0 aliphatic carbocycles. The molecule has 4 heteroatoms. The van der Waals surface area contributed by atoms with Gasteiger partial charge < -0.3 is 15.2 Å². The molecule has 0 fully saturated rings. The van der Waals surface area contributed by atoms with E-state index in [1.165, 1.54) is 0 Å². The van der Waals surface area contributed by atoms with Gasteiger partial charge in [-0.05, 0) is 30.7 Å². The fourth-order valence-electron chi connectivity index (χ4n) is 1.76. The predicted octanol–water partition coefficient (Wildman–Crippen LogP) is 3.55. The second kappa shape index (κ2) is 6.61. The molecule has 0 aromatic heterocycles. The van der Waals surface area contributed by atoms with Crippen LogP contribution in [0.1, 0.15) is 18.9 Å². The summed E-state index contributed by atoms with van der Waals surface area (Å²) in [6.45, 7) is 2.68. The molecule has 0 unspecified atom stereocenters. The van der Waals surface area contributed by atoms with Crippen molar-refractivity contribution in [1.29, 1.82) is 5.41 Å². The van der Waals surface area contributed by atoms with Crippen LogP contribution in [0.2, 0.25) is 0 Å². The van der Waals surface area contributed by atoms with Crippen molar-refractivity contribution in [1.82, 2.24) is 0 Å². The van der Waals surface area contributed by atoms with Gasteiger partial charge in [0, 0.05) is 0 Å². The van der Waals surface area contributed by atoms with Crippen LogP contribution in [-0.4, -0.2) is 12.4 Å². The number of para-hydroxylation sites is 3. The lowest BCUT2D eigenvalue weighted by molar-refractivity contribution is 0.302. The smallest absolute Gasteiger partial charge is 0.169 e. The van der Waals surface area contributed by atoms with Crippen molar-refractivity contribution in [3.05, 3.63) is 54.1 Å². The Balaban J connectivity index is 2.28. The molecule has 2 aromatic rings. The van der Waals surface area contributed by atoms with Gasteiger partial charge in [-0.3, -0.25) is 5.41 Å². The zero-order chi connectivity index (χ0) is 14.4. The highest BCUT2D eigenvalue weighted by atomic mass is 16.5. The average molecular weight is 270 g/mol. The van der Waals surface area contributed by atoms with Gasteiger partial charge >= 0.3 is 0 Å². The Morgan fingerprint density at radius 1 is 1.00 bits per heavy atom. The van der Waals surface area contributed by atoms with E-state index in [0.29, 0.717) is 29.4 Å². The van der Waals surface area contributed by atoms with Gasteiger partial charge in [0.2, 0.25) is 0 Å². The third-order valence-electron chi connectivity index (χ3n) is 2.71. The quantitative estimate of drug-likeness (QED) is 0.623. The van der Waals surface area contributed by atoms with Crippen LogP contribution in [0.15, 0.2) is 48.5 Å². The molecular weight excluding hydrogens is 252 g/mol. The minimum atomic E-state index is -0.0208. The van der Waals surface area contributed by atoms with Crippen LogP contribution in [0.4, 0.5) is 0 Å². The van der Waals surface area contributed by atoms with Gasteiger partial charge in [0.25, 0.3) is 0 Å². The zero-order valence-electron chi connectivity index (χ0n) is 11.4. The Bertz CT molecular complexity index is 597. The van der Waals surface area contributed by atoms with Gasteiger partial charge in [-0.1, -0.05) is 31.2 Å². The van der Waals surface area contributed by atoms with Crippen molar-refractivity contribution in [3.8, 4) is 17.2 Å². The van der Waals surface area contributed by atoms with E-state index in [0.717, 1.165) is 6.42 Å². The number of nitrogens with two attached hydrogens (primary N) is 1. The van der Waals surface area contributed by atoms with Crippen molar-refractivity contribution in [3.63, 3.8) is 0 Å². The first kappa shape index (κ1) is 13.9. The van der Waals surface area contributed by atoms with E-state index in [2.05, 4.69) is 6.92 Å². The van der Waals surface area contributed by atoms with Gasteiger partial charge in [0.05, 0.1) is 12.2 Å². The number of nitrogens with one attached hydrogen (secondary N) is 1. The number of hydrogen-bond acceptors (Lipinski definition) is 3. The van der Waals surface area contributed by atoms with E-state index < -0.39 is 0 Å². The Labute approximate surface area is 118 Å². The minimum Gasteiger partial charge on any atom is -0.490 e. The lowest BCUT2D eigenvalue weighted by Gasteiger charge is -2.13. The van der Waals surface area contributed by atoms with Gasteiger partial charge in [-0.15, -0.1) is 0 Å². The SMILES string of the molecule is CCCOc1ccccc1Oc1ccccc1C(=N)N. The lowest BCUT2D eigenvalue weighted by atomic mass is 10.2. The summed E-state index contributed by atoms with van der Waals surface area (Å²) in [5.41, 5.74) is 6.13. The van der Waals surface area contributed by atoms with Crippen molar-refractivity contribution in [2.75, 3.05) is 6.61 Å². The molecule has 0 saturated heterocycles. The van der Waals surface area contributed by atoms with E-state index in [1.807, 2.05) is 36.4 Å². The summed E-state index contributed by atoms with van der Waals surface area (Å²) in [6.07, 6.45) is 0.929. The van der Waals surface area contributed by atoms with E-state index >= 15 is 0 Å². The van der Waals surface area contributed by atoms with Gasteiger partial charge in [0.1, 0.15) is 11.6 Å². The first-order chi connectivity index (χ1) is 9.72. The van der Waals surface area contributed by atoms with Crippen LogP contribution in [0, 0.1) is 5.41 Å². The highest BCUT2D eigenvalue weighted by Gasteiger charge is 2.10. The molecule has 0 aliphatic rings. The molecule has 0 heterocycles. The standard InChI is InChI=1S/C16H18N2O2/c1-2-11-19-14-9-5-6-10-15(14)20-13-8-4-3-7-12(13)16(17)18/h3-10H,2,11H2,1H3,(H3,17,18). The largest absolute Gasteiger partial charge is 0.490 e. The first-order valence-electron chi connectivity index (χ1n) is 6.55. The molecular formula is C16H18N2O2. The molecule has 0 saturated carbocycles. The molecule has 20 heavy (non-hydrogen) atoms. The van der Waals surface area contributed by atoms with Crippen molar-refractivity contribution in [2.24, 2.45) is 5.73 Å². The Morgan fingerprint density at radius 2 is 1.60 bits per heavy atom.